The third-order valence-electron chi connectivity index (χ3n) is 7.33. The maximum Gasteiger partial charge on any atom is 0.308 e. The minimum Gasteiger partial charge on any atom is -0.469 e. The molecule has 178 valence electrons. The Morgan fingerprint density at radius 3 is 2.12 bits per heavy atom. The lowest BCUT2D eigenvalue weighted by Crippen LogP contribution is -2.45. The van der Waals surface area contributed by atoms with Gasteiger partial charge in [-0.2, -0.15) is 0 Å². The van der Waals surface area contributed by atoms with Gasteiger partial charge < -0.3 is 9.64 Å². The number of rotatable bonds is 7. The number of aryl methyl sites for hydroxylation is 2. The molecule has 0 amide bonds. The van der Waals surface area contributed by atoms with E-state index in [4.69, 9.17) is 27.9 Å². The summed E-state index contributed by atoms with van der Waals surface area (Å²) in [5.74, 6) is 0.492. The van der Waals surface area contributed by atoms with Gasteiger partial charge >= 0.3 is 5.97 Å². The van der Waals surface area contributed by atoms with Crippen molar-refractivity contribution in [3.05, 3.63) is 62.6 Å². The van der Waals surface area contributed by atoms with Crippen LogP contribution < -0.4 is 4.90 Å². The Labute approximate surface area is 207 Å². The number of nitrogens with zero attached hydrogens (tertiary/aromatic N) is 2. The van der Waals surface area contributed by atoms with Crippen LogP contribution in [0.1, 0.15) is 54.9 Å². The van der Waals surface area contributed by atoms with Gasteiger partial charge in [-0.3, -0.25) is 9.69 Å². The molecule has 0 aromatic heterocycles. The molecule has 0 saturated carbocycles. The minimum atomic E-state index is -0.0601. The summed E-state index contributed by atoms with van der Waals surface area (Å²) in [6.45, 7) is 9.25. The number of para-hydroxylation sites is 1. The van der Waals surface area contributed by atoms with Gasteiger partial charge in [0.15, 0.2) is 0 Å². The van der Waals surface area contributed by atoms with Crippen LogP contribution in [-0.4, -0.2) is 44.2 Å². The van der Waals surface area contributed by atoms with Crippen molar-refractivity contribution < 1.29 is 9.53 Å². The first-order chi connectivity index (χ1) is 15.9. The van der Waals surface area contributed by atoms with Crippen molar-refractivity contribution in [2.24, 2.45) is 5.92 Å². The Morgan fingerprint density at radius 2 is 1.61 bits per heavy atom. The second kappa shape index (κ2) is 10.7. The van der Waals surface area contributed by atoms with Crippen LogP contribution in [0.3, 0.4) is 0 Å². The SMILES string of the molecule is CCc1cc(C2CN(c3c(Cl)cccc3Cl)C2)cc(CC)c1CN1CCC(C(=O)OC)CC1. The van der Waals surface area contributed by atoms with Crippen molar-refractivity contribution in [1.29, 1.82) is 0 Å². The van der Waals surface area contributed by atoms with E-state index >= 15 is 0 Å². The summed E-state index contributed by atoms with van der Waals surface area (Å²) >= 11 is 12.8. The zero-order valence-corrected chi connectivity index (χ0v) is 21.4. The van der Waals surface area contributed by atoms with Gasteiger partial charge in [0.25, 0.3) is 0 Å². The number of piperidine rings is 1. The van der Waals surface area contributed by atoms with Gasteiger partial charge in [-0.05, 0) is 73.2 Å². The van der Waals surface area contributed by atoms with Gasteiger partial charge in [0, 0.05) is 25.6 Å². The average Bonchev–Trinajstić information content (AvgIpc) is 2.80. The number of methoxy groups -OCH3 is 1. The molecule has 2 aromatic rings. The number of anilines is 1. The summed E-state index contributed by atoms with van der Waals surface area (Å²) in [6, 6.07) is 10.5. The fraction of sp³-hybridized carbons (Fsp3) is 0.519. The third kappa shape index (κ3) is 5.18. The fourth-order valence-electron chi connectivity index (χ4n) is 5.27. The molecule has 0 aliphatic carbocycles. The van der Waals surface area contributed by atoms with E-state index in [9.17, 15) is 4.79 Å². The molecule has 0 radical (unpaired) electrons. The van der Waals surface area contributed by atoms with Crippen LogP contribution >= 0.6 is 23.2 Å². The van der Waals surface area contributed by atoms with Crippen LogP contribution in [0.15, 0.2) is 30.3 Å². The van der Waals surface area contributed by atoms with E-state index in [1.807, 2.05) is 18.2 Å². The molecule has 2 heterocycles. The Kier molecular flexibility index (Phi) is 7.88. The summed E-state index contributed by atoms with van der Waals surface area (Å²) < 4.78 is 4.94. The van der Waals surface area contributed by atoms with Crippen LogP contribution in [0.2, 0.25) is 10.0 Å². The van der Waals surface area contributed by atoms with Gasteiger partial charge in [-0.25, -0.2) is 0 Å². The van der Waals surface area contributed by atoms with E-state index in [1.165, 1.54) is 29.4 Å². The summed E-state index contributed by atoms with van der Waals surface area (Å²) in [5, 5.41) is 1.44. The predicted molar refractivity (Wildman–Crippen MR) is 137 cm³/mol. The molecule has 2 fully saturated rings. The summed E-state index contributed by atoms with van der Waals surface area (Å²) in [6.07, 6.45) is 3.83. The summed E-state index contributed by atoms with van der Waals surface area (Å²) in [7, 11) is 1.49. The van der Waals surface area contributed by atoms with E-state index in [2.05, 4.69) is 35.8 Å². The van der Waals surface area contributed by atoms with Crippen LogP contribution in [0.25, 0.3) is 0 Å². The highest BCUT2D eigenvalue weighted by molar-refractivity contribution is 6.39. The lowest BCUT2D eigenvalue weighted by molar-refractivity contribution is -0.147. The minimum absolute atomic E-state index is 0.0538. The summed E-state index contributed by atoms with van der Waals surface area (Å²) in [4.78, 5) is 16.6. The van der Waals surface area contributed by atoms with Crippen LogP contribution in [0.4, 0.5) is 5.69 Å². The van der Waals surface area contributed by atoms with Crippen molar-refractivity contribution >= 4 is 34.9 Å². The van der Waals surface area contributed by atoms with Crippen molar-refractivity contribution in [2.45, 2.75) is 52.0 Å². The number of hydrogen-bond acceptors (Lipinski definition) is 4. The maximum atomic E-state index is 11.9. The summed E-state index contributed by atoms with van der Waals surface area (Å²) in [5.41, 5.74) is 6.76. The number of benzene rings is 2. The number of likely N-dealkylation sites (tertiary alicyclic amines) is 1. The van der Waals surface area contributed by atoms with Gasteiger partial charge in [-0.15, -0.1) is 0 Å². The number of halogens is 2. The Bertz CT molecular complexity index is 950. The quantitative estimate of drug-likeness (QED) is 0.440. The van der Waals surface area contributed by atoms with Crippen molar-refractivity contribution in [1.82, 2.24) is 4.90 Å². The normalized spacial score (nSPS) is 17.8. The third-order valence-corrected chi connectivity index (χ3v) is 7.94. The number of carbonyl (C=O) groups excluding carboxylic acids is 1. The molecule has 2 aliphatic rings. The number of ether oxygens (including phenoxy) is 1. The fourth-order valence-corrected chi connectivity index (χ4v) is 5.91. The molecule has 0 spiro atoms. The van der Waals surface area contributed by atoms with E-state index < -0.39 is 0 Å². The van der Waals surface area contributed by atoms with E-state index in [0.717, 1.165) is 74.1 Å². The molecule has 4 rings (SSSR count). The monoisotopic (exact) mass is 488 g/mol. The van der Waals surface area contributed by atoms with Gasteiger partial charge in [-0.1, -0.05) is 55.2 Å². The Hall–Kier alpha value is -1.75. The first-order valence-corrected chi connectivity index (χ1v) is 12.8. The molecular weight excluding hydrogens is 455 g/mol. The molecule has 2 saturated heterocycles. The second-order valence-corrected chi connectivity index (χ2v) is 10.1. The van der Waals surface area contributed by atoms with Gasteiger partial charge in [0.05, 0.1) is 28.8 Å². The Balaban J connectivity index is 1.46. The molecule has 6 heteroatoms. The highest BCUT2D eigenvalue weighted by Crippen LogP contribution is 2.41. The molecule has 0 atom stereocenters. The standard InChI is InChI=1S/C27H34Cl2N2O2/c1-4-18-13-21(22-15-31(16-22)26-24(28)7-6-8-25(26)29)14-19(5-2)23(18)17-30-11-9-20(10-12-30)27(32)33-3/h6-8,13-14,20,22H,4-5,9-12,15-17H2,1-3H3. The number of hydrogen-bond donors (Lipinski definition) is 0. The van der Waals surface area contributed by atoms with E-state index in [-0.39, 0.29) is 11.9 Å². The van der Waals surface area contributed by atoms with Crippen LogP contribution in [0, 0.1) is 5.92 Å². The molecule has 2 aromatic carbocycles. The molecule has 2 aliphatic heterocycles. The van der Waals surface area contributed by atoms with E-state index in [1.54, 1.807) is 0 Å². The molecule has 33 heavy (non-hydrogen) atoms. The van der Waals surface area contributed by atoms with E-state index in [0.29, 0.717) is 5.92 Å². The first kappa shape index (κ1) is 24.4. The molecule has 0 bridgehead atoms. The highest BCUT2D eigenvalue weighted by Gasteiger charge is 2.32. The van der Waals surface area contributed by atoms with Crippen molar-refractivity contribution in [2.75, 3.05) is 38.2 Å². The van der Waals surface area contributed by atoms with Gasteiger partial charge in [0.1, 0.15) is 0 Å². The number of carbonyl (C=O) groups is 1. The van der Waals surface area contributed by atoms with Crippen molar-refractivity contribution in [3.8, 4) is 0 Å². The topological polar surface area (TPSA) is 32.8 Å². The highest BCUT2D eigenvalue weighted by atomic mass is 35.5. The second-order valence-electron chi connectivity index (χ2n) is 9.27. The first-order valence-electron chi connectivity index (χ1n) is 12.1. The molecule has 0 N–H and O–H groups in total. The lowest BCUT2D eigenvalue weighted by Gasteiger charge is -2.42. The molecular formula is C27H34Cl2N2O2. The molecule has 0 unspecified atom stereocenters. The lowest BCUT2D eigenvalue weighted by atomic mass is 9.85. The zero-order chi connectivity index (χ0) is 23.5. The van der Waals surface area contributed by atoms with Crippen LogP contribution in [-0.2, 0) is 28.9 Å². The number of esters is 1. The van der Waals surface area contributed by atoms with Crippen LogP contribution in [0.5, 0.6) is 0 Å². The van der Waals surface area contributed by atoms with Crippen molar-refractivity contribution in [3.63, 3.8) is 0 Å². The smallest absolute Gasteiger partial charge is 0.308 e. The zero-order valence-electron chi connectivity index (χ0n) is 19.9. The largest absolute Gasteiger partial charge is 0.469 e. The molecule has 4 nitrogen and oxygen atoms in total. The maximum absolute atomic E-state index is 11.9. The Morgan fingerprint density at radius 1 is 1.03 bits per heavy atom. The predicted octanol–water partition coefficient (Wildman–Crippen LogP) is 6.11. The van der Waals surface area contributed by atoms with Gasteiger partial charge in [0.2, 0.25) is 0 Å². The average molecular weight is 489 g/mol.